The Morgan fingerprint density at radius 2 is 0.680 bits per heavy atom. The molecule has 2 heteroatoms. The SMILES string of the molecule is c1ccc(-c2cccc3c2B2c4ccccc4[Si](c4ccccc4)(c4ccccc4)c4cccc(c42)-c2ccccc2-c2ccccc2-3)cc1. The predicted molar refractivity (Wildman–Crippen MR) is 216 cm³/mol. The molecule has 232 valence electrons. The van der Waals surface area contributed by atoms with Gasteiger partial charge in [0, 0.05) is 0 Å². The van der Waals surface area contributed by atoms with E-state index in [4.69, 9.17) is 0 Å². The van der Waals surface area contributed by atoms with Gasteiger partial charge in [-0.25, -0.2) is 0 Å². The Kier molecular flexibility index (Phi) is 6.72. The van der Waals surface area contributed by atoms with Gasteiger partial charge in [-0.15, -0.1) is 0 Å². The van der Waals surface area contributed by atoms with E-state index in [2.05, 4.69) is 200 Å². The summed E-state index contributed by atoms with van der Waals surface area (Å²) < 4.78 is 0. The van der Waals surface area contributed by atoms with Crippen LogP contribution in [0.15, 0.2) is 200 Å². The molecule has 0 unspecified atom stereocenters. The summed E-state index contributed by atoms with van der Waals surface area (Å²) in [7, 11) is -2.81. The topological polar surface area (TPSA) is 0 Å². The zero-order chi connectivity index (χ0) is 33.1. The summed E-state index contributed by atoms with van der Waals surface area (Å²) >= 11 is 0. The highest BCUT2D eigenvalue weighted by Gasteiger charge is 2.51. The van der Waals surface area contributed by atoms with Crippen LogP contribution >= 0.6 is 0 Å². The molecule has 50 heavy (non-hydrogen) atoms. The van der Waals surface area contributed by atoms with E-state index in [0.717, 1.165) is 0 Å². The first-order valence-corrected chi connectivity index (χ1v) is 19.6. The van der Waals surface area contributed by atoms with Crippen LogP contribution < -0.4 is 37.1 Å². The Bertz CT molecular complexity index is 2500. The van der Waals surface area contributed by atoms with E-state index < -0.39 is 8.07 Å². The Labute approximate surface area is 295 Å². The standard InChI is InChI=1S/C48H33BSi/c1-4-18-34(19-5-1)37-28-16-29-42-40-26-12-10-24-38(40)39-25-11-13-27-41(39)43-30-17-33-46-48(43)49(47(37)42)44-31-14-15-32-45(44)50(46,35-20-6-2-7-21-35)36-22-8-3-9-23-36/h1-33H. The lowest BCUT2D eigenvalue weighted by Crippen LogP contribution is -2.87. The van der Waals surface area contributed by atoms with Crippen LogP contribution in [0.5, 0.6) is 0 Å². The maximum absolute atomic E-state index is 2.81. The molecule has 0 atom stereocenters. The second-order valence-corrected chi connectivity index (χ2v) is 17.2. The Morgan fingerprint density at radius 1 is 0.280 bits per heavy atom. The molecule has 0 fully saturated rings. The zero-order valence-corrected chi connectivity index (χ0v) is 28.6. The molecule has 0 amide bonds. The third-order valence-electron chi connectivity index (χ3n) is 11.1. The second-order valence-electron chi connectivity index (χ2n) is 13.5. The van der Waals surface area contributed by atoms with Crippen molar-refractivity contribution in [2.45, 2.75) is 0 Å². The van der Waals surface area contributed by atoms with Crippen molar-refractivity contribution in [2.75, 3.05) is 0 Å². The van der Waals surface area contributed by atoms with Crippen LogP contribution in [0.2, 0.25) is 0 Å². The number of hydrogen-bond acceptors (Lipinski definition) is 0. The first-order chi connectivity index (χ1) is 24.9. The van der Waals surface area contributed by atoms with Gasteiger partial charge in [-0.1, -0.05) is 217 Å². The van der Waals surface area contributed by atoms with Crippen molar-refractivity contribution in [3.05, 3.63) is 200 Å². The van der Waals surface area contributed by atoms with Gasteiger partial charge in [0.25, 0.3) is 0 Å². The van der Waals surface area contributed by atoms with E-state index in [9.17, 15) is 0 Å². The zero-order valence-electron chi connectivity index (χ0n) is 27.6. The largest absolute Gasteiger partial charge is 0.243 e. The summed E-state index contributed by atoms with van der Waals surface area (Å²) in [6.45, 7) is 0.0102. The van der Waals surface area contributed by atoms with Gasteiger partial charge in [-0.05, 0) is 65.3 Å². The Hall–Kier alpha value is -5.96. The summed E-state index contributed by atoms with van der Waals surface area (Å²) in [6, 6.07) is 75.5. The first kappa shape index (κ1) is 29.0. The molecule has 8 aromatic rings. The van der Waals surface area contributed by atoms with Crippen LogP contribution in [0.25, 0.3) is 44.5 Å². The fraction of sp³-hybridized carbons (Fsp3) is 0. The monoisotopic (exact) mass is 648 g/mol. The fourth-order valence-electron chi connectivity index (χ4n) is 9.18. The summed E-state index contributed by atoms with van der Waals surface area (Å²) in [5.74, 6) is 0. The van der Waals surface area contributed by atoms with Crippen LogP contribution in [0.1, 0.15) is 0 Å². The molecule has 2 aliphatic heterocycles. The maximum atomic E-state index is 2.48. The molecule has 0 spiro atoms. The van der Waals surface area contributed by atoms with Crippen molar-refractivity contribution < 1.29 is 0 Å². The van der Waals surface area contributed by atoms with Gasteiger partial charge < -0.3 is 0 Å². The molecule has 8 aromatic carbocycles. The first-order valence-electron chi connectivity index (χ1n) is 17.6. The second kappa shape index (κ2) is 11.6. The van der Waals surface area contributed by atoms with Crippen molar-refractivity contribution in [3.63, 3.8) is 0 Å². The predicted octanol–water partition coefficient (Wildman–Crippen LogP) is 6.88. The molecule has 0 saturated heterocycles. The third-order valence-corrected chi connectivity index (χ3v) is 16.0. The fourth-order valence-corrected chi connectivity index (χ4v) is 14.5. The third kappa shape index (κ3) is 4.12. The molecule has 0 aliphatic carbocycles. The average molecular weight is 649 g/mol. The lowest BCUT2D eigenvalue weighted by molar-refractivity contribution is 1.58. The Morgan fingerprint density at radius 3 is 1.28 bits per heavy atom. The van der Waals surface area contributed by atoms with Gasteiger partial charge in [-0.2, -0.15) is 0 Å². The summed E-state index contributed by atoms with van der Waals surface area (Å²) in [5, 5.41) is 5.78. The molecular formula is C48H33BSi. The highest BCUT2D eigenvalue weighted by atomic mass is 28.3. The molecule has 2 heterocycles. The van der Waals surface area contributed by atoms with Crippen LogP contribution in [0.3, 0.4) is 0 Å². The minimum atomic E-state index is -2.81. The molecule has 0 N–H and O–H groups in total. The van der Waals surface area contributed by atoms with Crippen LogP contribution in [-0.2, 0) is 0 Å². The van der Waals surface area contributed by atoms with E-state index in [1.807, 2.05) is 0 Å². The Balaban J connectivity index is 1.46. The molecule has 2 aliphatic rings. The van der Waals surface area contributed by atoms with E-state index in [-0.39, 0.29) is 6.71 Å². The molecule has 0 radical (unpaired) electrons. The minimum absolute atomic E-state index is 0.0102. The molecular weight excluding hydrogens is 615 g/mol. The average Bonchev–Trinajstić information content (AvgIpc) is 3.24. The number of benzene rings is 8. The van der Waals surface area contributed by atoms with E-state index in [0.29, 0.717) is 0 Å². The normalized spacial score (nSPS) is 13.3. The van der Waals surface area contributed by atoms with Crippen molar-refractivity contribution in [3.8, 4) is 44.5 Å². The van der Waals surface area contributed by atoms with Gasteiger partial charge in [0.05, 0.1) is 0 Å². The summed E-state index contributed by atoms with van der Waals surface area (Å²) in [5.41, 5.74) is 14.5. The lowest BCUT2D eigenvalue weighted by atomic mass is 9.34. The summed E-state index contributed by atoms with van der Waals surface area (Å²) in [4.78, 5) is 0. The molecule has 0 bridgehead atoms. The highest BCUT2D eigenvalue weighted by molar-refractivity contribution is 7.26. The smallest absolute Gasteiger partial charge is 0.0682 e. The molecule has 0 nitrogen and oxygen atoms in total. The lowest BCUT2D eigenvalue weighted by Gasteiger charge is -2.44. The summed E-state index contributed by atoms with van der Waals surface area (Å²) in [6.07, 6.45) is 0. The molecule has 10 rings (SSSR count). The van der Waals surface area contributed by atoms with E-state index >= 15 is 0 Å². The van der Waals surface area contributed by atoms with Gasteiger partial charge in [0.2, 0.25) is 6.71 Å². The van der Waals surface area contributed by atoms with Gasteiger partial charge >= 0.3 is 0 Å². The van der Waals surface area contributed by atoms with E-state index in [1.54, 1.807) is 0 Å². The number of hydrogen-bond donors (Lipinski definition) is 0. The van der Waals surface area contributed by atoms with Crippen LogP contribution in [0.4, 0.5) is 0 Å². The highest BCUT2D eigenvalue weighted by Crippen LogP contribution is 2.40. The maximum Gasteiger partial charge on any atom is 0.243 e. The van der Waals surface area contributed by atoms with E-state index in [1.165, 1.54) is 81.6 Å². The molecule has 0 aromatic heterocycles. The van der Waals surface area contributed by atoms with Crippen molar-refractivity contribution >= 4 is 51.9 Å². The van der Waals surface area contributed by atoms with Gasteiger partial charge in [0.1, 0.15) is 0 Å². The van der Waals surface area contributed by atoms with Gasteiger partial charge in [-0.3, -0.25) is 0 Å². The molecule has 0 saturated carbocycles. The minimum Gasteiger partial charge on any atom is -0.0682 e. The van der Waals surface area contributed by atoms with Crippen molar-refractivity contribution in [1.29, 1.82) is 0 Å². The van der Waals surface area contributed by atoms with Crippen LogP contribution in [-0.4, -0.2) is 14.8 Å². The van der Waals surface area contributed by atoms with Crippen molar-refractivity contribution in [1.82, 2.24) is 0 Å². The van der Waals surface area contributed by atoms with Gasteiger partial charge in [0.15, 0.2) is 8.07 Å². The number of rotatable bonds is 3. The quantitative estimate of drug-likeness (QED) is 0.184. The number of fused-ring (bicyclic) bond motifs is 9. The van der Waals surface area contributed by atoms with Crippen molar-refractivity contribution in [2.24, 2.45) is 0 Å². The van der Waals surface area contributed by atoms with Crippen LogP contribution in [0, 0.1) is 0 Å².